The van der Waals surface area contributed by atoms with Crippen LogP contribution < -0.4 is 0 Å². The standard InChI is InChI=1S/C12H17F2NO/c1-15(6-2-8-16)7-5-10-9-11(13)3-4-12(10)14/h3-4,9,16H,2,5-8H2,1H3. The molecule has 90 valence electrons. The molecule has 1 N–H and O–H groups in total. The molecule has 0 saturated carbocycles. The minimum absolute atomic E-state index is 0.151. The van der Waals surface area contributed by atoms with E-state index in [2.05, 4.69) is 0 Å². The topological polar surface area (TPSA) is 23.5 Å². The molecular formula is C12H17F2NO. The Balaban J connectivity index is 2.44. The van der Waals surface area contributed by atoms with Gasteiger partial charge in [-0.25, -0.2) is 8.78 Å². The van der Waals surface area contributed by atoms with Crippen molar-refractivity contribution in [3.05, 3.63) is 35.4 Å². The van der Waals surface area contributed by atoms with E-state index >= 15 is 0 Å². The van der Waals surface area contributed by atoms with Gasteiger partial charge in [-0.3, -0.25) is 0 Å². The smallest absolute Gasteiger partial charge is 0.126 e. The third-order valence-electron chi connectivity index (χ3n) is 2.47. The molecule has 0 spiro atoms. The van der Waals surface area contributed by atoms with Gasteiger partial charge in [0.05, 0.1) is 0 Å². The number of rotatable bonds is 6. The molecule has 0 heterocycles. The van der Waals surface area contributed by atoms with Gasteiger partial charge in [0.2, 0.25) is 0 Å². The summed E-state index contributed by atoms with van der Waals surface area (Å²) < 4.78 is 26.1. The first kappa shape index (κ1) is 13.1. The second-order valence-electron chi connectivity index (χ2n) is 3.87. The summed E-state index contributed by atoms with van der Waals surface area (Å²) in [5, 5.41) is 8.64. The van der Waals surface area contributed by atoms with Crippen molar-refractivity contribution >= 4 is 0 Å². The Kier molecular flexibility index (Phi) is 5.35. The van der Waals surface area contributed by atoms with E-state index in [1.165, 1.54) is 6.07 Å². The summed E-state index contributed by atoms with van der Waals surface area (Å²) in [6, 6.07) is 3.50. The fraction of sp³-hybridized carbons (Fsp3) is 0.500. The van der Waals surface area contributed by atoms with Gasteiger partial charge in [-0.15, -0.1) is 0 Å². The summed E-state index contributed by atoms with van der Waals surface area (Å²) in [7, 11) is 1.90. The van der Waals surface area contributed by atoms with E-state index < -0.39 is 5.82 Å². The first-order valence-electron chi connectivity index (χ1n) is 5.37. The summed E-state index contributed by atoms with van der Waals surface area (Å²) in [6.45, 7) is 1.56. The van der Waals surface area contributed by atoms with Crippen molar-refractivity contribution in [2.45, 2.75) is 12.8 Å². The van der Waals surface area contributed by atoms with Crippen LogP contribution in [0, 0.1) is 11.6 Å². The van der Waals surface area contributed by atoms with Crippen molar-refractivity contribution in [1.29, 1.82) is 0 Å². The third kappa shape index (κ3) is 4.24. The van der Waals surface area contributed by atoms with E-state index in [0.717, 1.165) is 18.7 Å². The molecule has 0 bridgehead atoms. The number of aliphatic hydroxyl groups is 1. The molecule has 0 aromatic heterocycles. The highest BCUT2D eigenvalue weighted by Gasteiger charge is 2.05. The van der Waals surface area contributed by atoms with Crippen LogP contribution >= 0.6 is 0 Å². The molecule has 0 amide bonds. The van der Waals surface area contributed by atoms with Crippen molar-refractivity contribution in [2.24, 2.45) is 0 Å². The minimum Gasteiger partial charge on any atom is -0.396 e. The Labute approximate surface area is 94.5 Å². The molecule has 1 aromatic rings. The molecule has 0 radical (unpaired) electrons. The van der Waals surface area contributed by atoms with Crippen LogP contribution in [0.2, 0.25) is 0 Å². The van der Waals surface area contributed by atoms with Gasteiger partial charge in [0, 0.05) is 19.7 Å². The molecule has 0 aliphatic rings. The maximum atomic E-state index is 13.2. The average Bonchev–Trinajstić information content (AvgIpc) is 2.27. The maximum absolute atomic E-state index is 13.2. The van der Waals surface area contributed by atoms with Crippen LogP contribution in [0.1, 0.15) is 12.0 Å². The third-order valence-corrected chi connectivity index (χ3v) is 2.47. The van der Waals surface area contributed by atoms with E-state index in [-0.39, 0.29) is 12.4 Å². The van der Waals surface area contributed by atoms with Gasteiger partial charge in [-0.1, -0.05) is 0 Å². The van der Waals surface area contributed by atoms with Crippen molar-refractivity contribution in [3.63, 3.8) is 0 Å². The molecule has 0 aliphatic heterocycles. The quantitative estimate of drug-likeness (QED) is 0.804. The van der Waals surface area contributed by atoms with Crippen molar-refractivity contribution in [3.8, 4) is 0 Å². The minimum atomic E-state index is -0.408. The molecule has 2 nitrogen and oxygen atoms in total. The Bertz CT molecular complexity index is 331. The lowest BCUT2D eigenvalue weighted by molar-refractivity contribution is 0.248. The lowest BCUT2D eigenvalue weighted by atomic mass is 10.1. The van der Waals surface area contributed by atoms with E-state index in [1.54, 1.807) is 0 Å². The van der Waals surface area contributed by atoms with Gasteiger partial charge in [0.25, 0.3) is 0 Å². The summed E-state index contributed by atoms with van der Waals surface area (Å²) in [6.07, 6.45) is 1.17. The number of hydrogen-bond donors (Lipinski definition) is 1. The van der Waals surface area contributed by atoms with Crippen LogP contribution in [0.15, 0.2) is 18.2 Å². The second-order valence-corrected chi connectivity index (χ2v) is 3.87. The lowest BCUT2D eigenvalue weighted by Crippen LogP contribution is -2.23. The highest BCUT2D eigenvalue weighted by Crippen LogP contribution is 2.10. The molecule has 4 heteroatoms. The summed E-state index contributed by atoms with van der Waals surface area (Å²) >= 11 is 0. The average molecular weight is 229 g/mol. The molecule has 0 atom stereocenters. The fourth-order valence-corrected chi connectivity index (χ4v) is 1.50. The van der Waals surface area contributed by atoms with Crippen LogP contribution in [0.25, 0.3) is 0 Å². The first-order chi connectivity index (χ1) is 7.63. The van der Waals surface area contributed by atoms with E-state index in [0.29, 0.717) is 24.9 Å². The SMILES string of the molecule is CN(CCCO)CCc1cc(F)ccc1F. The molecule has 16 heavy (non-hydrogen) atoms. The monoisotopic (exact) mass is 229 g/mol. The zero-order valence-corrected chi connectivity index (χ0v) is 9.42. The van der Waals surface area contributed by atoms with Gasteiger partial charge < -0.3 is 10.0 Å². The first-order valence-corrected chi connectivity index (χ1v) is 5.37. The molecular weight excluding hydrogens is 212 g/mol. The van der Waals surface area contributed by atoms with Gasteiger partial charge in [0.1, 0.15) is 11.6 Å². The van der Waals surface area contributed by atoms with Crippen LogP contribution in [0.3, 0.4) is 0 Å². The van der Waals surface area contributed by atoms with Crippen LogP contribution in [-0.2, 0) is 6.42 Å². The van der Waals surface area contributed by atoms with Crippen LogP contribution in [0.5, 0.6) is 0 Å². The Hall–Kier alpha value is -1.00. The van der Waals surface area contributed by atoms with Crippen LogP contribution in [0.4, 0.5) is 8.78 Å². The van der Waals surface area contributed by atoms with Crippen molar-refractivity contribution in [1.82, 2.24) is 4.90 Å². The largest absolute Gasteiger partial charge is 0.396 e. The van der Waals surface area contributed by atoms with Crippen molar-refractivity contribution in [2.75, 3.05) is 26.7 Å². The van der Waals surface area contributed by atoms with Gasteiger partial charge in [-0.05, 0) is 43.7 Å². The normalized spacial score (nSPS) is 11.1. The molecule has 0 saturated heterocycles. The number of nitrogens with zero attached hydrogens (tertiary/aromatic N) is 1. The highest BCUT2D eigenvalue weighted by atomic mass is 19.1. The number of benzene rings is 1. The predicted octanol–water partition coefficient (Wildman–Crippen LogP) is 1.82. The number of halogens is 2. The zero-order valence-electron chi connectivity index (χ0n) is 9.42. The molecule has 0 fully saturated rings. The zero-order chi connectivity index (χ0) is 12.0. The summed E-state index contributed by atoms with van der Waals surface area (Å²) in [5.41, 5.74) is 0.399. The predicted molar refractivity (Wildman–Crippen MR) is 59.3 cm³/mol. The fourth-order valence-electron chi connectivity index (χ4n) is 1.50. The van der Waals surface area contributed by atoms with Crippen molar-refractivity contribution < 1.29 is 13.9 Å². The van der Waals surface area contributed by atoms with E-state index in [4.69, 9.17) is 5.11 Å². The van der Waals surface area contributed by atoms with Gasteiger partial charge in [0.15, 0.2) is 0 Å². The molecule has 0 aliphatic carbocycles. The van der Waals surface area contributed by atoms with E-state index in [1.807, 2.05) is 11.9 Å². The van der Waals surface area contributed by atoms with Gasteiger partial charge >= 0.3 is 0 Å². The Morgan fingerprint density at radius 2 is 2.00 bits per heavy atom. The summed E-state index contributed by atoms with van der Waals surface area (Å²) in [5.74, 6) is -0.772. The number of hydrogen-bond acceptors (Lipinski definition) is 2. The maximum Gasteiger partial charge on any atom is 0.126 e. The van der Waals surface area contributed by atoms with Gasteiger partial charge in [-0.2, -0.15) is 0 Å². The Morgan fingerprint density at radius 3 is 2.69 bits per heavy atom. The highest BCUT2D eigenvalue weighted by molar-refractivity contribution is 5.18. The lowest BCUT2D eigenvalue weighted by Gasteiger charge is -2.15. The number of likely N-dealkylation sites (N-methyl/N-ethyl adjacent to an activating group) is 1. The summed E-state index contributed by atoms with van der Waals surface area (Å²) in [4.78, 5) is 1.99. The Morgan fingerprint density at radius 1 is 1.25 bits per heavy atom. The molecule has 1 rings (SSSR count). The molecule has 1 aromatic carbocycles. The second kappa shape index (κ2) is 6.55. The number of aliphatic hydroxyl groups excluding tert-OH is 1. The van der Waals surface area contributed by atoms with Crippen LogP contribution in [-0.4, -0.2) is 36.8 Å². The molecule has 0 unspecified atom stereocenters. The van der Waals surface area contributed by atoms with E-state index in [9.17, 15) is 8.78 Å².